The van der Waals surface area contributed by atoms with E-state index in [2.05, 4.69) is 31.0 Å². The minimum absolute atomic E-state index is 0.159. The molecule has 0 saturated carbocycles. The number of aromatic amines is 1. The summed E-state index contributed by atoms with van der Waals surface area (Å²) >= 11 is 0. The highest BCUT2D eigenvalue weighted by atomic mass is 16.4. The van der Waals surface area contributed by atoms with Crippen molar-refractivity contribution >= 4 is 5.97 Å². The van der Waals surface area contributed by atoms with Gasteiger partial charge in [-0.1, -0.05) is 26.0 Å². The second kappa shape index (κ2) is 4.92. The Hall–Kier alpha value is -2.03. The Balaban J connectivity index is 2.54. The van der Waals surface area contributed by atoms with E-state index in [9.17, 15) is 9.90 Å². The Morgan fingerprint density at radius 2 is 1.84 bits per heavy atom. The second-order valence-electron chi connectivity index (χ2n) is 5.27. The normalized spacial score (nSPS) is 11.0. The SMILES string of the molecule is Cc1ccc(-c2cc(C(=O)O)c(C(C)C)[nH]2)cc1C. The van der Waals surface area contributed by atoms with Crippen molar-refractivity contribution in [2.45, 2.75) is 33.6 Å². The Kier molecular flexibility index (Phi) is 3.47. The third-order valence-electron chi connectivity index (χ3n) is 3.47. The van der Waals surface area contributed by atoms with Crippen molar-refractivity contribution in [1.29, 1.82) is 0 Å². The van der Waals surface area contributed by atoms with Gasteiger partial charge in [0.2, 0.25) is 0 Å². The number of hydrogen-bond donors (Lipinski definition) is 2. The fourth-order valence-corrected chi connectivity index (χ4v) is 2.17. The molecular formula is C16H19NO2. The van der Waals surface area contributed by atoms with Gasteiger partial charge in [0, 0.05) is 11.4 Å². The number of carbonyl (C=O) groups is 1. The number of rotatable bonds is 3. The quantitative estimate of drug-likeness (QED) is 0.869. The Bertz CT molecular complexity index is 624. The van der Waals surface area contributed by atoms with Crippen molar-refractivity contribution in [1.82, 2.24) is 4.98 Å². The molecule has 0 amide bonds. The van der Waals surface area contributed by atoms with Crippen LogP contribution in [0.15, 0.2) is 24.3 Å². The molecule has 0 radical (unpaired) electrons. The Labute approximate surface area is 113 Å². The monoisotopic (exact) mass is 257 g/mol. The third kappa shape index (κ3) is 2.55. The van der Waals surface area contributed by atoms with E-state index in [1.54, 1.807) is 6.07 Å². The first-order chi connectivity index (χ1) is 8.90. The number of benzene rings is 1. The first kappa shape index (κ1) is 13.4. The van der Waals surface area contributed by atoms with E-state index in [-0.39, 0.29) is 5.92 Å². The molecule has 1 aromatic heterocycles. The zero-order chi connectivity index (χ0) is 14.2. The molecule has 0 aliphatic rings. The second-order valence-corrected chi connectivity index (χ2v) is 5.27. The van der Waals surface area contributed by atoms with Crippen molar-refractivity contribution < 1.29 is 9.90 Å². The molecule has 1 aromatic carbocycles. The van der Waals surface area contributed by atoms with Gasteiger partial charge < -0.3 is 10.1 Å². The highest BCUT2D eigenvalue weighted by Gasteiger charge is 2.17. The Morgan fingerprint density at radius 3 is 2.32 bits per heavy atom. The van der Waals surface area contributed by atoms with Gasteiger partial charge in [0.25, 0.3) is 0 Å². The topological polar surface area (TPSA) is 53.1 Å². The zero-order valence-corrected chi connectivity index (χ0v) is 11.7. The maximum absolute atomic E-state index is 11.3. The summed E-state index contributed by atoms with van der Waals surface area (Å²) < 4.78 is 0. The van der Waals surface area contributed by atoms with E-state index in [4.69, 9.17) is 0 Å². The van der Waals surface area contributed by atoms with Crippen molar-refractivity contribution in [3.63, 3.8) is 0 Å². The van der Waals surface area contributed by atoms with Gasteiger partial charge in [-0.3, -0.25) is 0 Å². The fourth-order valence-electron chi connectivity index (χ4n) is 2.17. The smallest absolute Gasteiger partial charge is 0.337 e. The van der Waals surface area contributed by atoms with E-state index >= 15 is 0 Å². The first-order valence-corrected chi connectivity index (χ1v) is 6.44. The molecule has 2 aromatic rings. The first-order valence-electron chi connectivity index (χ1n) is 6.44. The molecule has 3 nitrogen and oxygen atoms in total. The minimum Gasteiger partial charge on any atom is -0.478 e. The van der Waals surface area contributed by atoms with Gasteiger partial charge in [-0.25, -0.2) is 4.79 Å². The molecule has 0 bridgehead atoms. The molecule has 0 spiro atoms. The number of aryl methyl sites for hydroxylation is 2. The molecule has 0 saturated heterocycles. The summed E-state index contributed by atoms with van der Waals surface area (Å²) in [4.78, 5) is 14.5. The van der Waals surface area contributed by atoms with Crippen LogP contribution in [0.2, 0.25) is 0 Å². The van der Waals surface area contributed by atoms with Crippen molar-refractivity contribution in [3.05, 3.63) is 46.6 Å². The third-order valence-corrected chi connectivity index (χ3v) is 3.47. The maximum Gasteiger partial charge on any atom is 0.337 e. The van der Waals surface area contributed by atoms with E-state index < -0.39 is 5.97 Å². The highest BCUT2D eigenvalue weighted by molar-refractivity contribution is 5.91. The van der Waals surface area contributed by atoms with Crippen LogP contribution in [0.1, 0.15) is 46.9 Å². The van der Waals surface area contributed by atoms with E-state index in [0.29, 0.717) is 5.56 Å². The largest absolute Gasteiger partial charge is 0.478 e. The van der Waals surface area contributed by atoms with Gasteiger partial charge in [-0.05, 0) is 48.6 Å². The molecule has 0 atom stereocenters. The van der Waals surface area contributed by atoms with Crippen molar-refractivity contribution in [2.24, 2.45) is 0 Å². The number of hydrogen-bond acceptors (Lipinski definition) is 1. The molecule has 2 rings (SSSR count). The number of aromatic carboxylic acids is 1. The highest BCUT2D eigenvalue weighted by Crippen LogP contribution is 2.27. The molecule has 0 unspecified atom stereocenters. The van der Waals surface area contributed by atoms with Gasteiger partial charge in [0.05, 0.1) is 5.56 Å². The van der Waals surface area contributed by atoms with Crippen LogP contribution in [-0.2, 0) is 0 Å². The standard InChI is InChI=1S/C16H19NO2/c1-9(2)15-13(16(18)19)8-14(17-15)12-6-5-10(3)11(4)7-12/h5-9,17H,1-4H3,(H,18,19). The van der Waals surface area contributed by atoms with Gasteiger partial charge in [0.1, 0.15) is 0 Å². The minimum atomic E-state index is -0.880. The average Bonchev–Trinajstić information content (AvgIpc) is 2.78. The summed E-state index contributed by atoms with van der Waals surface area (Å²) in [7, 11) is 0. The van der Waals surface area contributed by atoms with Crippen LogP contribution in [-0.4, -0.2) is 16.1 Å². The van der Waals surface area contributed by atoms with Crippen molar-refractivity contribution in [2.75, 3.05) is 0 Å². The lowest BCUT2D eigenvalue weighted by atomic mass is 10.0. The lowest BCUT2D eigenvalue weighted by molar-refractivity contribution is 0.0695. The Morgan fingerprint density at radius 1 is 1.16 bits per heavy atom. The average molecular weight is 257 g/mol. The summed E-state index contributed by atoms with van der Waals surface area (Å²) in [5.41, 5.74) is 5.47. The van der Waals surface area contributed by atoms with Crippen LogP contribution in [0.5, 0.6) is 0 Å². The molecule has 0 aliphatic heterocycles. The zero-order valence-electron chi connectivity index (χ0n) is 11.7. The molecular weight excluding hydrogens is 238 g/mol. The van der Waals surface area contributed by atoms with Crippen LogP contribution >= 0.6 is 0 Å². The molecule has 19 heavy (non-hydrogen) atoms. The molecule has 0 fully saturated rings. The fraction of sp³-hybridized carbons (Fsp3) is 0.312. The predicted octanol–water partition coefficient (Wildman–Crippen LogP) is 4.12. The summed E-state index contributed by atoms with van der Waals surface area (Å²) in [5.74, 6) is -0.721. The van der Waals surface area contributed by atoms with Crippen LogP contribution in [0.3, 0.4) is 0 Å². The molecule has 1 heterocycles. The van der Waals surface area contributed by atoms with Gasteiger partial charge in [-0.2, -0.15) is 0 Å². The summed E-state index contributed by atoms with van der Waals surface area (Å²) in [6, 6.07) is 7.88. The number of carboxylic acid groups (broad SMARTS) is 1. The molecule has 3 heteroatoms. The molecule has 2 N–H and O–H groups in total. The number of aromatic nitrogens is 1. The van der Waals surface area contributed by atoms with E-state index in [0.717, 1.165) is 17.0 Å². The number of nitrogens with one attached hydrogen (secondary N) is 1. The summed E-state index contributed by atoms with van der Waals surface area (Å²) in [6.45, 7) is 8.10. The lowest BCUT2D eigenvalue weighted by Gasteiger charge is -2.05. The van der Waals surface area contributed by atoms with Crippen LogP contribution in [0.25, 0.3) is 11.3 Å². The molecule has 0 aliphatic carbocycles. The van der Waals surface area contributed by atoms with E-state index in [1.165, 1.54) is 11.1 Å². The van der Waals surface area contributed by atoms with Gasteiger partial charge in [0.15, 0.2) is 0 Å². The van der Waals surface area contributed by atoms with Crippen LogP contribution in [0.4, 0.5) is 0 Å². The summed E-state index contributed by atoms with van der Waals surface area (Å²) in [6.07, 6.45) is 0. The van der Waals surface area contributed by atoms with Crippen LogP contribution < -0.4 is 0 Å². The lowest BCUT2D eigenvalue weighted by Crippen LogP contribution is -2.01. The van der Waals surface area contributed by atoms with E-state index in [1.807, 2.05) is 19.9 Å². The van der Waals surface area contributed by atoms with Gasteiger partial charge >= 0.3 is 5.97 Å². The summed E-state index contributed by atoms with van der Waals surface area (Å²) in [5, 5.41) is 9.25. The van der Waals surface area contributed by atoms with Crippen LogP contribution in [0, 0.1) is 13.8 Å². The predicted molar refractivity (Wildman–Crippen MR) is 76.8 cm³/mol. The maximum atomic E-state index is 11.3. The molecule has 100 valence electrons. The van der Waals surface area contributed by atoms with Crippen molar-refractivity contribution in [3.8, 4) is 11.3 Å². The van der Waals surface area contributed by atoms with Gasteiger partial charge in [-0.15, -0.1) is 0 Å². The number of H-pyrrole nitrogens is 1. The number of carboxylic acids is 1.